The molecule has 37 heavy (non-hydrogen) atoms. The SMILES string of the molecule is Cc1ccc(-c2sc3c(sc4c(C)c(C5=C(c6cc(C)sc6C)C(F)(F)C(F)(F)C5(F)F)sc43)c2C)s1. The summed E-state index contributed by atoms with van der Waals surface area (Å²) in [6.07, 6.45) is 0. The number of aryl methyl sites for hydroxylation is 5. The van der Waals surface area contributed by atoms with Gasteiger partial charge in [-0.25, -0.2) is 0 Å². The molecular weight excluding hydrogens is 587 g/mol. The van der Waals surface area contributed by atoms with Crippen LogP contribution in [0.5, 0.6) is 0 Å². The summed E-state index contributed by atoms with van der Waals surface area (Å²) in [5, 5.41) is 0. The van der Waals surface area contributed by atoms with Crippen LogP contribution < -0.4 is 0 Å². The minimum atomic E-state index is -5.55. The summed E-state index contributed by atoms with van der Waals surface area (Å²) in [6, 6.07) is 5.37. The van der Waals surface area contributed by atoms with Crippen LogP contribution in [-0.2, 0) is 0 Å². The molecule has 0 fully saturated rings. The van der Waals surface area contributed by atoms with Crippen LogP contribution in [0.1, 0.15) is 36.2 Å². The Morgan fingerprint density at radius 1 is 0.568 bits per heavy atom. The van der Waals surface area contributed by atoms with Gasteiger partial charge in [0.15, 0.2) is 0 Å². The Bertz CT molecular complexity index is 1770. The lowest BCUT2D eigenvalue weighted by molar-refractivity contribution is -0.254. The Morgan fingerprint density at radius 3 is 1.68 bits per heavy atom. The molecule has 0 N–H and O–H groups in total. The van der Waals surface area contributed by atoms with Crippen LogP contribution in [0.2, 0.25) is 0 Å². The zero-order valence-corrected chi connectivity index (χ0v) is 24.1. The van der Waals surface area contributed by atoms with Gasteiger partial charge in [0.05, 0.1) is 24.4 Å². The Hall–Kier alpha value is -1.66. The summed E-state index contributed by atoms with van der Waals surface area (Å²) in [6.45, 7) is 8.72. The second-order valence-corrected chi connectivity index (χ2v) is 15.1. The number of hydrogen-bond acceptors (Lipinski definition) is 5. The van der Waals surface area contributed by atoms with Gasteiger partial charge in [-0.3, -0.25) is 0 Å². The predicted octanol–water partition coefficient (Wildman–Crippen LogP) is 11.3. The number of halogens is 6. The summed E-state index contributed by atoms with van der Waals surface area (Å²) < 4.78 is 94.1. The summed E-state index contributed by atoms with van der Waals surface area (Å²) in [5.41, 5.74) is -1.32. The van der Waals surface area contributed by atoms with Gasteiger partial charge in [-0.15, -0.1) is 56.7 Å². The maximum absolute atomic E-state index is 15.4. The van der Waals surface area contributed by atoms with Gasteiger partial charge in [0.2, 0.25) is 0 Å². The smallest absolute Gasteiger partial charge is 0.194 e. The van der Waals surface area contributed by atoms with Crippen LogP contribution in [-0.4, -0.2) is 17.8 Å². The first-order valence-corrected chi connectivity index (χ1v) is 15.2. The van der Waals surface area contributed by atoms with E-state index in [-0.39, 0.29) is 10.4 Å². The molecule has 11 heteroatoms. The molecule has 0 nitrogen and oxygen atoms in total. The molecule has 0 saturated heterocycles. The maximum Gasteiger partial charge on any atom is 0.380 e. The molecule has 0 atom stereocenters. The van der Waals surface area contributed by atoms with E-state index in [4.69, 9.17) is 0 Å². The van der Waals surface area contributed by atoms with Crippen LogP contribution in [0.4, 0.5) is 26.3 Å². The van der Waals surface area contributed by atoms with E-state index < -0.39 is 28.9 Å². The lowest BCUT2D eigenvalue weighted by atomic mass is 9.97. The Morgan fingerprint density at radius 2 is 1.14 bits per heavy atom. The standard InChI is InChI=1S/C26H18F6S5/c1-9-6-7-15(34-9)18-11(3)20-22(35-18)23-21(37-20)12(4)19(36-23)17-16(14-8-10(2)33-13(14)5)24(27,28)26(31,32)25(17,29)30/h6-8H,1-5H3. The normalized spacial score (nSPS) is 18.7. The highest BCUT2D eigenvalue weighted by Crippen LogP contribution is 2.67. The average Bonchev–Trinajstić information content (AvgIpc) is 3.59. The summed E-state index contributed by atoms with van der Waals surface area (Å²) >= 11 is 6.63. The van der Waals surface area contributed by atoms with Crippen molar-refractivity contribution in [2.24, 2.45) is 0 Å². The third-order valence-electron chi connectivity index (χ3n) is 6.76. The van der Waals surface area contributed by atoms with Crippen molar-refractivity contribution >= 4 is 86.6 Å². The quantitative estimate of drug-likeness (QED) is 0.180. The van der Waals surface area contributed by atoms with Crippen molar-refractivity contribution in [1.29, 1.82) is 0 Å². The van der Waals surface area contributed by atoms with Gasteiger partial charge in [-0.2, -0.15) is 26.3 Å². The van der Waals surface area contributed by atoms with E-state index >= 15 is 17.6 Å². The summed E-state index contributed by atoms with van der Waals surface area (Å²) in [5.74, 6) is -15.6. The van der Waals surface area contributed by atoms with E-state index in [9.17, 15) is 8.78 Å². The molecule has 6 rings (SSSR count). The van der Waals surface area contributed by atoms with Crippen molar-refractivity contribution in [3.05, 3.63) is 54.4 Å². The monoisotopic (exact) mass is 604 g/mol. The average molecular weight is 605 g/mol. The van der Waals surface area contributed by atoms with Crippen molar-refractivity contribution in [3.8, 4) is 9.75 Å². The second kappa shape index (κ2) is 7.94. The topological polar surface area (TPSA) is 0 Å². The molecule has 0 amide bonds. The molecule has 0 unspecified atom stereocenters. The van der Waals surface area contributed by atoms with Crippen LogP contribution in [0, 0.1) is 34.6 Å². The predicted molar refractivity (Wildman–Crippen MR) is 148 cm³/mol. The third-order valence-corrected chi connectivity index (χ3v) is 13.4. The van der Waals surface area contributed by atoms with Gasteiger partial charge in [-0.1, -0.05) is 0 Å². The highest BCUT2D eigenvalue weighted by Gasteiger charge is 2.80. The fraction of sp³-hybridized carbons (Fsp3) is 0.308. The molecule has 5 heterocycles. The molecule has 1 aliphatic carbocycles. The molecule has 5 aromatic rings. The van der Waals surface area contributed by atoms with Gasteiger partial charge in [0, 0.05) is 34.8 Å². The number of rotatable bonds is 3. The first kappa shape index (κ1) is 25.6. The number of alkyl halides is 6. The molecule has 194 valence electrons. The van der Waals surface area contributed by atoms with E-state index in [1.54, 1.807) is 25.2 Å². The summed E-state index contributed by atoms with van der Waals surface area (Å²) in [7, 11) is 0. The van der Waals surface area contributed by atoms with E-state index in [0.717, 1.165) is 52.3 Å². The molecule has 5 aromatic heterocycles. The highest BCUT2D eigenvalue weighted by molar-refractivity contribution is 7.40. The Balaban J connectivity index is 1.66. The van der Waals surface area contributed by atoms with Gasteiger partial charge in [0.1, 0.15) is 0 Å². The third kappa shape index (κ3) is 3.24. The Kier molecular flexibility index (Phi) is 5.49. The van der Waals surface area contributed by atoms with Crippen LogP contribution in [0.25, 0.3) is 39.7 Å². The van der Waals surface area contributed by atoms with Gasteiger partial charge < -0.3 is 0 Å². The lowest BCUT2D eigenvalue weighted by Crippen LogP contribution is -2.48. The van der Waals surface area contributed by atoms with Crippen molar-refractivity contribution in [2.45, 2.75) is 52.4 Å². The van der Waals surface area contributed by atoms with Crippen molar-refractivity contribution in [3.63, 3.8) is 0 Å². The maximum atomic E-state index is 15.4. The largest absolute Gasteiger partial charge is 0.380 e. The van der Waals surface area contributed by atoms with Gasteiger partial charge in [-0.05, 0) is 69.5 Å². The van der Waals surface area contributed by atoms with Gasteiger partial charge in [0.25, 0.3) is 0 Å². The van der Waals surface area contributed by atoms with E-state index in [0.29, 0.717) is 24.7 Å². The minimum Gasteiger partial charge on any atom is -0.194 e. The van der Waals surface area contributed by atoms with E-state index in [2.05, 4.69) is 0 Å². The van der Waals surface area contributed by atoms with Crippen molar-refractivity contribution in [2.75, 3.05) is 0 Å². The van der Waals surface area contributed by atoms with Gasteiger partial charge >= 0.3 is 17.8 Å². The molecule has 0 aliphatic heterocycles. The first-order valence-electron chi connectivity index (χ1n) is 11.2. The number of thiophene rings is 5. The zero-order chi connectivity index (χ0) is 26.8. The van der Waals surface area contributed by atoms with E-state index in [1.165, 1.54) is 35.7 Å². The second-order valence-electron chi connectivity index (χ2n) is 9.24. The Labute approximate surface area is 228 Å². The fourth-order valence-electron chi connectivity index (χ4n) is 4.94. The number of hydrogen-bond donors (Lipinski definition) is 0. The molecule has 0 bridgehead atoms. The number of allylic oxidation sites excluding steroid dienone is 2. The van der Waals surface area contributed by atoms with Crippen LogP contribution >= 0.6 is 56.7 Å². The van der Waals surface area contributed by atoms with Crippen molar-refractivity contribution < 1.29 is 26.3 Å². The number of fused-ring (bicyclic) bond motifs is 3. The fourth-order valence-corrected chi connectivity index (χ4v) is 11.4. The minimum absolute atomic E-state index is 0.192. The molecule has 0 aromatic carbocycles. The highest BCUT2D eigenvalue weighted by atomic mass is 32.1. The zero-order valence-electron chi connectivity index (χ0n) is 20.0. The van der Waals surface area contributed by atoms with E-state index in [1.807, 2.05) is 26.0 Å². The molecule has 0 radical (unpaired) electrons. The lowest BCUT2D eigenvalue weighted by Gasteiger charge is -2.25. The molecular formula is C26H18F6S5. The molecule has 0 spiro atoms. The summed E-state index contributed by atoms with van der Waals surface area (Å²) in [4.78, 5) is 4.03. The molecule has 0 saturated carbocycles. The molecule has 1 aliphatic rings. The first-order chi connectivity index (χ1) is 17.2. The van der Waals surface area contributed by atoms with Crippen molar-refractivity contribution in [1.82, 2.24) is 0 Å². The van der Waals surface area contributed by atoms with Crippen LogP contribution in [0.3, 0.4) is 0 Å². The van der Waals surface area contributed by atoms with Crippen LogP contribution in [0.15, 0.2) is 18.2 Å².